The number of hydrogen-bond donors (Lipinski definition) is 0. The van der Waals surface area contributed by atoms with Gasteiger partial charge in [-0.2, -0.15) is 0 Å². The molecule has 1 nitrogen and oxygen atoms in total. The van der Waals surface area contributed by atoms with E-state index >= 15 is 0 Å². The Morgan fingerprint density at radius 1 is 0.482 bits per heavy atom. The summed E-state index contributed by atoms with van der Waals surface area (Å²) < 4.78 is 6.34. The second kappa shape index (κ2) is 12.7. The fourth-order valence-electron chi connectivity index (χ4n) is 12.7. The highest BCUT2D eigenvalue weighted by Gasteiger charge is 2.61. The summed E-state index contributed by atoms with van der Waals surface area (Å²) in [5.41, 5.74) is 17.7. The van der Waals surface area contributed by atoms with Crippen molar-refractivity contribution in [2.24, 2.45) is 23.7 Å². The zero-order valence-electron chi connectivity index (χ0n) is 31.8. The minimum absolute atomic E-state index is 0.189. The van der Waals surface area contributed by atoms with Crippen LogP contribution < -0.4 is 0 Å². The van der Waals surface area contributed by atoms with Gasteiger partial charge in [-0.15, -0.1) is 0 Å². The Morgan fingerprint density at radius 3 is 1.96 bits per heavy atom. The first-order valence-corrected chi connectivity index (χ1v) is 21.1. The van der Waals surface area contributed by atoms with Crippen LogP contribution in [0.25, 0.3) is 55.3 Å². The van der Waals surface area contributed by atoms with Gasteiger partial charge < -0.3 is 4.42 Å². The molecule has 7 aromatic carbocycles. The summed E-state index contributed by atoms with van der Waals surface area (Å²) in [6.07, 6.45) is 9.18. The third-order valence-corrected chi connectivity index (χ3v) is 14.8. The predicted octanol–water partition coefficient (Wildman–Crippen LogP) is 14.4. The average Bonchev–Trinajstić information content (AvgIpc) is 3.76. The highest BCUT2D eigenvalue weighted by molar-refractivity contribution is 6.05. The molecule has 0 saturated heterocycles. The molecule has 4 fully saturated rings. The van der Waals surface area contributed by atoms with Crippen molar-refractivity contribution in [2.45, 2.75) is 56.3 Å². The molecule has 0 aliphatic heterocycles. The van der Waals surface area contributed by atoms with Crippen molar-refractivity contribution in [1.29, 1.82) is 0 Å². The molecule has 1 spiro atoms. The smallest absolute Gasteiger partial charge is 0.135 e. The summed E-state index contributed by atoms with van der Waals surface area (Å²) in [5.74, 6) is 3.63. The lowest BCUT2D eigenvalue weighted by molar-refractivity contribution is -0.0399. The highest BCUT2D eigenvalue weighted by atomic mass is 16.3. The van der Waals surface area contributed by atoms with E-state index in [1.807, 2.05) is 0 Å². The molecule has 4 saturated carbocycles. The second-order valence-electron chi connectivity index (χ2n) is 17.6. The minimum Gasteiger partial charge on any atom is -0.456 e. The van der Waals surface area contributed by atoms with Crippen LogP contribution in [0.15, 0.2) is 168 Å². The Kier molecular flexibility index (Phi) is 7.38. The zero-order valence-corrected chi connectivity index (χ0v) is 31.8. The number of fused-ring (bicyclic) bond motifs is 6. The van der Waals surface area contributed by atoms with E-state index in [2.05, 4.69) is 164 Å². The Labute approximate surface area is 330 Å². The summed E-state index contributed by atoms with van der Waals surface area (Å²) >= 11 is 0. The highest BCUT2D eigenvalue weighted by Crippen LogP contribution is 2.69. The fourth-order valence-corrected chi connectivity index (χ4v) is 12.7. The van der Waals surface area contributed by atoms with E-state index in [4.69, 9.17) is 4.42 Å². The molecule has 5 aliphatic rings. The van der Waals surface area contributed by atoms with Crippen LogP contribution in [0.1, 0.15) is 72.3 Å². The number of hydrogen-bond acceptors (Lipinski definition) is 1. The first-order valence-electron chi connectivity index (χ1n) is 21.1. The van der Waals surface area contributed by atoms with Gasteiger partial charge in [0.2, 0.25) is 0 Å². The van der Waals surface area contributed by atoms with Crippen LogP contribution in [0.3, 0.4) is 0 Å². The van der Waals surface area contributed by atoms with E-state index in [1.54, 1.807) is 11.1 Å². The van der Waals surface area contributed by atoms with E-state index in [1.165, 1.54) is 92.9 Å². The van der Waals surface area contributed by atoms with E-state index in [-0.39, 0.29) is 11.3 Å². The predicted molar refractivity (Wildman–Crippen MR) is 231 cm³/mol. The van der Waals surface area contributed by atoms with Crippen LogP contribution in [0.5, 0.6) is 0 Å². The van der Waals surface area contributed by atoms with Gasteiger partial charge in [-0.05, 0) is 154 Å². The molecule has 56 heavy (non-hydrogen) atoms. The Bertz CT molecular complexity index is 2740. The molecule has 1 atom stereocenters. The number of para-hydroxylation sites is 1. The lowest BCUT2D eigenvalue weighted by Gasteiger charge is -2.61. The van der Waals surface area contributed by atoms with Gasteiger partial charge in [-0.25, -0.2) is 0 Å². The van der Waals surface area contributed by atoms with Crippen LogP contribution in [0, 0.1) is 23.7 Å². The van der Waals surface area contributed by atoms with Gasteiger partial charge >= 0.3 is 0 Å². The molecule has 1 heteroatoms. The lowest BCUT2D eigenvalue weighted by atomic mass is 9.43. The third kappa shape index (κ3) is 4.92. The molecular formula is C55H46O. The van der Waals surface area contributed by atoms with Crippen LogP contribution in [-0.4, -0.2) is 0 Å². The van der Waals surface area contributed by atoms with E-state index in [9.17, 15) is 0 Å². The molecule has 1 unspecified atom stereocenters. The van der Waals surface area contributed by atoms with Crippen LogP contribution >= 0.6 is 0 Å². The van der Waals surface area contributed by atoms with Crippen molar-refractivity contribution in [3.05, 3.63) is 192 Å². The van der Waals surface area contributed by atoms with Crippen molar-refractivity contribution in [3.8, 4) is 33.4 Å². The van der Waals surface area contributed by atoms with Gasteiger partial charge in [0.05, 0.1) is 0 Å². The molecule has 272 valence electrons. The molecule has 1 heterocycles. The summed E-state index contributed by atoms with van der Waals surface area (Å²) in [6.45, 7) is 0. The van der Waals surface area contributed by atoms with Crippen molar-refractivity contribution in [1.82, 2.24) is 0 Å². The maximum Gasteiger partial charge on any atom is 0.135 e. The first kappa shape index (κ1) is 32.6. The average molecular weight is 723 g/mol. The van der Waals surface area contributed by atoms with Crippen LogP contribution in [-0.2, 0) is 11.8 Å². The molecule has 8 aromatic rings. The van der Waals surface area contributed by atoms with E-state index in [0.29, 0.717) is 0 Å². The molecule has 13 rings (SSSR count). The maximum atomic E-state index is 6.34. The van der Waals surface area contributed by atoms with Crippen molar-refractivity contribution in [2.75, 3.05) is 0 Å². The lowest BCUT2D eigenvalue weighted by Crippen LogP contribution is -2.55. The SMILES string of the molecule is c1ccc(-c2ccc(C(CCc3ccc4c(c3)C3(c5ccccc5-4)C4CC5CC(C4)CC3C5)c3ccc4oc5ccccc5c4c3)c(-c3ccccc3)c2)cc1. The van der Waals surface area contributed by atoms with Gasteiger partial charge in [-0.3, -0.25) is 0 Å². The Balaban J connectivity index is 0.989. The quantitative estimate of drug-likeness (QED) is 0.160. The summed E-state index contributed by atoms with van der Waals surface area (Å²) in [7, 11) is 0. The largest absolute Gasteiger partial charge is 0.456 e. The van der Waals surface area contributed by atoms with Gasteiger partial charge in [0.1, 0.15) is 11.2 Å². The normalized spacial score (nSPS) is 23.5. The van der Waals surface area contributed by atoms with Crippen LogP contribution in [0.4, 0.5) is 0 Å². The monoisotopic (exact) mass is 722 g/mol. The molecule has 1 aromatic heterocycles. The Hall–Kier alpha value is -5.66. The number of rotatable bonds is 7. The molecule has 5 aliphatic carbocycles. The molecule has 4 bridgehead atoms. The Morgan fingerprint density at radius 2 is 1.16 bits per heavy atom. The van der Waals surface area contributed by atoms with Gasteiger partial charge in [0.15, 0.2) is 0 Å². The maximum absolute atomic E-state index is 6.34. The van der Waals surface area contributed by atoms with Crippen molar-refractivity contribution in [3.63, 3.8) is 0 Å². The molecular weight excluding hydrogens is 677 g/mol. The number of furan rings is 1. The number of aryl methyl sites for hydroxylation is 1. The fraction of sp³-hybridized carbons (Fsp3) is 0.236. The standard InChI is InChI=1S/C55H46O/c1-3-11-38(12-4-1)40-21-25-45(49(33-40)39-13-5-2-6-14-39)44(41-22-26-54-50(34-41)48-16-8-10-18-53(48)56-54)23-19-35-20-24-47-46-15-7-9-17-51(46)55(52(47)32-35)42-28-36-27-37(30-42)31-43(55)29-36/h1-18,20-22,24-26,32-34,36-37,42-44H,19,23,27-31H2. The van der Waals surface area contributed by atoms with E-state index < -0.39 is 0 Å². The topological polar surface area (TPSA) is 13.1 Å². The van der Waals surface area contributed by atoms with Gasteiger partial charge in [0.25, 0.3) is 0 Å². The van der Waals surface area contributed by atoms with Crippen molar-refractivity contribution < 1.29 is 4.42 Å². The summed E-state index contributed by atoms with van der Waals surface area (Å²) in [4.78, 5) is 0. The van der Waals surface area contributed by atoms with Gasteiger partial charge in [-0.1, -0.05) is 140 Å². The first-order chi connectivity index (χ1) is 27.7. The molecule has 0 amide bonds. The summed E-state index contributed by atoms with van der Waals surface area (Å²) in [5, 5.41) is 2.38. The van der Waals surface area contributed by atoms with Crippen molar-refractivity contribution >= 4 is 21.9 Å². The number of benzene rings is 7. The third-order valence-electron chi connectivity index (χ3n) is 14.8. The zero-order chi connectivity index (χ0) is 36.8. The van der Waals surface area contributed by atoms with E-state index in [0.717, 1.165) is 47.7 Å². The minimum atomic E-state index is 0.189. The van der Waals surface area contributed by atoms with Crippen LogP contribution in [0.2, 0.25) is 0 Å². The second-order valence-corrected chi connectivity index (χ2v) is 17.6. The molecule has 0 N–H and O–H groups in total. The summed E-state index contributed by atoms with van der Waals surface area (Å²) in [6, 6.07) is 61.7. The van der Waals surface area contributed by atoms with Gasteiger partial charge in [0, 0.05) is 22.1 Å². The molecule has 0 radical (unpaired) electrons.